The minimum absolute atomic E-state index is 0.139. The summed E-state index contributed by atoms with van der Waals surface area (Å²) in [7, 11) is 1.66. The van der Waals surface area contributed by atoms with Gasteiger partial charge < -0.3 is 9.72 Å². The van der Waals surface area contributed by atoms with Crippen molar-refractivity contribution in [1.29, 1.82) is 0 Å². The number of aryl methyl sites for hydroxylation is 2. The number of rotatable bonds is 5. The fourth-order valence-corrected chi connectivity index (χ4v) is 3.07. The topological polar surface area (TPSA) is 104 Å². The Morgan fingerprint density at radius 3 is 2.52 bits per heavy atom. The van der Waals surface area contributed by atoms with E-state index >= 15 is 0 Å². The van der Waals surface area contributed by atoms with Crippen LogP contribution in [0.3, 0.4) is 0 Å². The van der Waals surface area contributed by atoms with Gasteiger partial charge in [0.1, 0.15) is 5.75 Å². The van der Waals surface area contributed by atoms with Crippen molar-refractivity contribution in [1.82, 2.24) is 20.3 Å². The highest BCUT2D eigenvalue weighted by Crippen LogP contribution is 2.24. The van der Waals surface area contributed by atoms with Crippen molar-refractivity contribution < 1.29 is 9.53 Å². The van der Waals surface area contributed by atoms with Crippen LogP contribution in [0, 0.1) is 19.3 Å². The lowest BCUT2D eigenvalue weighted by Gasteiger charge is -2.19. The number of fused-ring (bicyclic) bond motifs is 1. The summed E-state index contributed by atoms with van der Waals surface area (Å²) in [4.78, 5) is 29.2. The monoisotopic (exact) mass is 422 g/mol. The van der Waals surface area contributed by atoms with Gasteiger partial charge in [0.25, 0.3) is 0 Å². The quantitative estimate of drug-likeness (QED) is 0.429. The van der Waals surface area contributed by atoms with Crippen LogP contribution < -0.4 is 15.4 Å². The van der Waals surface area contributed by atoms with E-state index in [9.17, 15) is 4.79 Å². The number of aromatic nitrogens is 3. The first-order valence-electron chi connectivity index (χ1n) is 10.2. The molecule has 0 bridgehead atoms. The van der Waals surface area contributed by atoms with Crippen molar-refractivity contribution in [3.8, 4) is 5.75 Å². The highest BCUT2D eigenvalue weighted by Gasteiger charge is 2.22. The second kappa shape index (κ2) is 9.16. The molecule has 0 atom stereocenters. The van der Waals surface area contributed by atoms with E-state index in [1.807, 2.05) is 65.1 Å². The third-order valence-corrected chi connectivity index (χ3v) is 4.75. The van der Waals surface area contributed by atoms with E-state index < -0.39 is 5.41 Å². The molecule has 2 heterocycles. The van der Waals surface area contributed by atoms with Crippen LogP contribution >= 0.6 is 0 Å². The SMILES string of the molecule is COc1ccc2[nH]cc(CCN=C(NC(=O)C(C)(C)C)Nc3nc(C)cc(C)n3)c2c1. The van der Waals surface area contributed by atoms with Crippen LogP contribution in [-0.2, 0) is 11.2 Å². The lowest BCUT2D eigenvalue weighted by atomic mass is 9.96. The standard InChI is InChI=1S/C23H30N6O2/c1-14-11-15(2)27-22(26-14)29-21(28-20(30)23(3,4)5)24-10-9-16-13-25-19-8-7-17(31-6)12-18(16)19/h7-8,11-13,25H,9-10H2,1-6H3,(H2,24,26,27,28,29,30). The molecule has 0 aliphatic heterocycles. The molecule has 0 spiro atoms. The van der Waals surface area contributed by atoms with E-state index in [0.717, 1.165) is 33.6 Å². The highest BCUT2D eigenvalue weighted by atomic mass is 16.5. The first-order chi connectivity index (χ1) is 14.7. The lowest BCUT2D eigenvalue weighted by Crippen LogP contribution is -2.42. The molecule has 1 amide bonds. The number of H-pyrrole nitrogens is 1. The number of aromatic amines is 1. The zero-order chi connectivity index (χ0) is 22.6. The molecule has 31 heavy (non-hydrogen) atoms. The van der Waals surface area contributed by atoms with Crippen LogP contribution in [0.25, 0.3) is 10.9 Å². The number of nitrogens with one attached hydrogen (secondary N) is 3. The maximum Gasteiger partial charge on any atom is 0.232 e. The zero-order valence-electron chi connectivity index (χ0n) is 19.0. The van der Waals surface area contributed by atoms with Crippen molar-refractivity contribution in [2.45, 2.75) is 41.0 Å². The van der Waals surface area contributed by atoms with E-state index in [1.54, 1.807) is 7.11 Å². The molecule has 8 nitrogen and oxygen atoms in total. The summed E-state index contributed by atoms with van der Waals surface area (Å²) in [5, 5.41) is 7.04. The summed E-state index contributed by atoms with van der Waals surface area (Å²) in [6.45, 7) is 9.83. The molecule has 2 aromatic heterocycles. The van der Waals surface area contributed by atoms with Crippen molar-refractivity contribution in [2.24, 2.45) is 10.4 Å². The number of hydrogen-bond acceptors (Lipinski definition) is 5. The van der Waals surface area contributed by atoms with Crippen LogP contribution in [-0.4, -0.2) is 40.5 Å². The number of carbonyl (C=O) groups is 1. The Hall–Kier alpha value is -3.42. The van der Waals surface area contributed by atoms with Crippen LogP contribution in [0.1, 0.15) is 37.7 Å². The molecule has 0 saturated heterocycles. The first kappa shape index (κ1) is 22.3. The molecule has 0 fully saturated rings. The molecule has 8 heteroatoms. The van der Waals surface area contributed by atoms with Gasteiger partial charge in [-0.25, -0.2) is 9.97 Å². The molecular formula is C23H30N6O2. The number of ether oxygens (including phenoxy) is 1. The van der Waals surface area contributed by atoms with Crippen LogP contribution in [0.5, 0.6) is 5.75 Å². The Bertz CT molecular complexity index is 1090. The number of anilines is 1. The molecule has 3 rings (SSSR count). The molecule has 3 N–H and O–H groups in total. The third-order valence-electron chi connectivity index (χ3n) is 4.75. The molecule has 0 saturated carbocycles. The number of hydrogen-bond donors (Lipinski definition) is 3. The number of nitrogens with zero attached hydrogens (tertiary/aromatic N) is 3. The van der Waals surface area contributed by atoms with Crippen molar-refractivity contribution in [2.75, 3.05) is 19.0 Å². The lowest BCUT2D eigenvalue weighted by molar-refractivity contribution is -0.126. The van der Waals surface area contributed by atoms with Gasteiger partial charge in [-0.3, -0.25) is 20.4 Å². The predicted molar refractivity (Wildman–Crippen MR) is 124 cm³/mol. The Kier molecular flexibility index (Phi) is 6.58. The molecule has 3 aromatic rings. The summed E-state index contributed by atoms with van der Waals surface area (Å²) < 4.78 is 5.34. The fraction of sp³-hybridized carbons (Fsp3) is 0.391. The maximum absolute atomic E-state index is 12.5. The van der Waals surface area contributed by atoms with E-state index in [0.29, 0.717) is 24.9 Å². The van der Waals surface area contributed by atoms with Gasteiger partial charge in [0.05, 0.1) is 7.11 Å². The van der Waals surface area contributed by atoms with E-state index in [-0.39, 0.29) is 5.91 Å². The van der Waals surface area contributed by atoms with Crippen LogP contribution in [0.15, 0.2) is 35.5 Å². The molecule has 1 aromatic carbocycles. The number of carbonyl (C=O) groups excluding carboxylic acids is 1. The summed E-state index contributed by atoms with van der Waals surface area (Å²) in [6, 6.07) is 7.82. The smallest absolute Gasteiger partial charge is 0.232 e. The number of benzene rings is 1. The Balaban J connectivity index is 1.80. The average molecular weight is 423 g/mol. The largest absolute Gasteiger partial charge is 0.497 e. The van der Waals surface area contributed by atoms with E-state index in [2.05, 4.69) is 30.6 Å². The average Bonchev–Trinajstić information content (AvgIpc) is 3.08. The Labute approximate surface area is 182 Å². The summed E-state index contributed by atoms with van der Waals surface area (Å²) in [6.07, 6.45) is 2.67. The van der Waals surface area contributed by atoms with Gasteiger partial charge >= 0.3 is 0 Å². The molecule has 164 valence electrons. The first-order valence-corrected chi connectivity index (χ1v) is 10.2. The minimum Gasteiger partial charge on any atom is -0.497 e. The fourth-order valence-electron chi connectivity index (χ4n) is 3.07. The maximum atomic E-state index is 12.5. The number of aliphatic imine (C=N–C) groups is 1. The van der Waals surface area contributed by atoms with Gasteiger partial charge in [-0.15, -0.1) is 0 Å². The van der Waals surface area contributed by atoms with Gasteiger partial charge in [-0.2, -0.15) is 0 Å². The van der Waals surface area contributed by atoms with Crippen molar-refractivity contribution in [3.63, 3.8) is 0 Å². The van der Waals surface area contributed by atoms with Gasteiger partial charge in [0.15, 0.2) is 0 Å². The number of guanidine groups is 1. The molecular weight excluding hydrogens is 392 g/mol. The molecule has 0 aliphatic carbocycles. The predicted octanol–water partition coefficient (Wildman–Crippen LogP) is 3.76. The molecule has 0 unspecified atom stereocenters. The van der Waals surface area contributed by atoms with Crippen LogP contribution in [0.4, 0.5) is 5.95 Å². The molecule has 0 aliphatic rings. The van der Waals surface area contributed by atoms with Gasteiger partial charge in [0.2, 0.25) is 17.8 Å². The normalized spacial score (nSPS) is 12.1. The number of methoxy groups -OCH3 is 1. The Morgan fingerprint density at radius 1 is 1.16 bits per heavy atom. The van der Waals surface area contributed by atoms with Crippen LogP contribution in [0.2, 0.25) is 0 Å². The second-order valence-corrected chi connectivity index (χ2v) is 8.51. The summed E-state index contributed by atoms with van der Waals surface area (Å²) in [5.41, 5.74) is 3.29. The summed E-state index contributed by atoms with van der Waals surface area (Å²) in [5.74, 6) is 1.41. The van der Waals surface area contributed by atoms with Gasteiger partial charge in [0, 0.05) is 40.4 Å². The number of amides is 1. The van der Waals surface area contributed by atoms with Crippen molar-refractivity contribution in [3.05, 3.63) is 47.4 Å². The van der Waals surface area contributed by atoms with Gasteiger partial charge in [-0.05, 0) is 50.1 Å². The Morgan fingerprint density at radius 2 is 1.87 bits per heavy atom. The molecule has 0 radical (unpaired) electrons. The van der Waals surface area contributed by atoms with E-state index in [4.69, 9.17) is 4.74 Å². The summed E-state index contributed by atoms with van der Waals surface area (Å²) >= 11 is 0. The zero-order valence-corrected chi connectivity index (χ0v) is 19.0. The third kappa shape index (κ3) is 5.81. The van der Waals surface area contributed by atoms with Crippen molar-refractivity contribution >= 4 is 28.7 Å². The van der Waals surface area contributed by atoms with E-state index in [1.165, 1.54) is 0 Å². The van der Waals surface area contributed by atoms with Gasteiger partial charge in [-0.1, -0.05) is 20.8 Å². The highest BCUT2D eigenvalue weighted by molar-refractivity contribution is 6.04. The second-order valence-electron chi connectivity index (χ2n) is 8.51. The minimum atomic E-state index is -0.556.